The predicted molar refractivity (Wildman–Crippen MR) is 78.8 cm³/mol. The van der Waals surface area contributed by atoms with Gasteiger partial charge in [-0.05, 0) is 38.1 Å². The summed E-state index contributed by atoms with van der Waals surface area (Å²) >= 11 is 0. The molecule has 21 heavy (non-hydrogen) atoms. The number of hydrogen-bond donors (Lipinski definition) is 1. The van der Waals surface area contributed by atoms with Crippen LogP contribution in [0.15, 0.2) is 28.7 Å². The maximum atomic E-state index is 12.0. The van der Waals surface area contributed by atoms with Gasteiger partial charge in [-0.2, -0.15) is 0 Å². The van der Waals surface area contributed by atoms with Crippen LogP contribution < -0.4 is 5.32 Å². The lowest BCUT2D eigenvalue weighted by Gasteiger charge is -2.15. The SMILES string of the molecule is CCNC(CCOCC(F)F)c1cc2cc(C)ccc2o1. The lowest BCUT2D eigenvalue weighted by molar-refractivity contribution is 0.0139. The fourth-order valence-corrected chi connectivity index (χ4v) is 2.32. The largest absolute Gasteiger partial charge is 0.459 e. The summed E-state index contributed by atoms with van der Waals surface area (Å²) in [7, 11) is 0. The van der Waals surface area contributed by atoms with Gasteiger partial charge in [0.05, 0.1) is 6.04 Å². The Labute approximate surface area is 123 Å². The Bertz CT molecular complexity index is 568. The molecule has 0 bridgehead atoms. The van der Waals surface area contributed by atoms with E-state index in [1.54, 1.807) is 0 Å². The molecule has 0 saturated heterocycles. The van der Waals surface area contributed by atoms with Gasteiger partial charge in [0.2, 0.25) is 0 Å². The maximum absolute atomic E-state index is 12.0. The van der Waals surface area contributed by atoms with Crippen molar-refractivity contribution in [2.24, 2.45) is 0 Å². The smallest absolute Gasteiger partial charge is 0.261 e. The average Bonchev–Trinajstić information content (AvgIpc) is 2.84. The van der Waals surface area contributed by atoms with Crippen LogP contribution in [-0.2, 0) is 4.74 Å². The van der Waals surface area contributed by atoms with Crippen molar-refractivity contribution in [2.75, 3.05) is 19.8 Å². The fourth-order valence-electron chi connectivity index (χ4n) is 2.32. The minimum absolute atomic E-state index is 0.0274. The summed E-state index contributed by atoms with van der Waals surface area (Å²) in [6.45, 7) is 4.57. The molecule has 0 spiro atoms. The zero-order valence-corrected chi connectivity index (χ0v) is 12.4. The topological polar surface area (TPSA) is 34.4 Å². The first-order valence-electron chi connectivity index (χ1n) is 7.19. The third-order valence-electron chi connectivity index (χ3n) is 3.28. The van der Waals surface area contributed by atoms with Crippen LogP contribution in [0.4, 0.5) is 8.78 Å². The van der Waals surface area contributed by atoms with Crippen molar-refractivity contribution in [3.8, 4) is 0 Å². The highest BCUT2D eigenvalue weighted by Gasteiger charge is 2.16. The van der Waals surface area contributed by atoms with E-state index >= 15 is 0 Å². The van der Waals surface area contributed by atoms with E-state index in [1.165, 1.54) is 5.56 Å². The highest BCUT2D eigenvalue weighted by atomic mass is 19.3. The van der Waals surface area contributed by atoms with E-state index in [0.717, 1.165) is 23.3 Å². The van der Waals surface area contributed by atoms with E-state index in [9.17, 15) is 8.78 Å². The van der Waals surface area contributed by atoms with E-state index in [-0.39, 0.29) is 12.6 Å². The maximum Gasteiger partial charge on any atom is 0.261 e. The molecule has 2 rings (SSSR count). The molecular weight excluding hydrogens is 276 g/mol. The van der Waals surface area contributed by atoms with Gasteiger partial charge in [-0.25, -0.2) is 8.78 Å². The Morgan fingerprint density at radius 3 is 2.81 bits per heavy atom. The molecule has 5 heteroatoms. The van der Waals surface area contributed by atoms with Gasteiger partial charge in [0, 0.05) is 12.0 Å². The third-order valence-corrected chi connectivity index (χ3v) is 3.28. The molecule has 0 aliphatic heterocycles. The lowest BCUT2D eigenvalue weighted by atomic mass is 10.1. The van der Waals surface area contributed by atoms with Gasteiger partial charge in [0.1, 0.15) is 18.0 Å². The van der Waals surface area contributed by atoms with Crippen molar-refractivity contribution in [3.63, 3.8) is 0 Å². The van der Waals surface area contributed by atoms with Gasteiger partial charge in [0.15, 0.2) is 0 Å². The van der Waals surface area contributed by atoms with Gasteiger partial charge in [0.25, 0.3) is 6.43 Å². The molecule has 0 amide bonds. The molecule has 2 aromatic rings. The van der Waals surface area contributed by atoms with Gasteiger partial charge in [-0.3, -0.25) is 0 Å². The van der Waals surface area contributed by atoms with Crippen molar-refractivity contribution in [1.82, 2.24) is 5.32 Å². The minimum Gasteiger partial charge on any atom is -0.459 e. The van der Waals surface area contributed by atoms with E-state index in [2.05, 4.69) is 11.4 Å². The van der Waals surface area contributed by atoms with E-state index in [1.807, 2.05) is 32.0 Å². The van der Waals surface area contributed by atoms with Crippen molar-refractivity contribution < 1.29 is 17.9 Å². The Morgan fingerprint density at radius 2 is 2.10 bits per heavy atom. The highest BCUT2D eigenvalue weighted by molar-refractivity contribution is 5.78. The van der Waals surface area contributed by atoms with Gasteiger partial charge in [-0.1, -0.05) is 18.6 Å². The number of ether oxygens (including phenoxy) is 1. The van der Waals surface area contributed by atoms with Crippen LogP contribution in [0.3, 0.4) is 0 Å². The molecule has 1 heterocycles. The fraction of sp³-hybridized carbons (Fsp3) is 0.500. The number of alkyl halides is 2. The predicted octanol–water partition coefficient (Wildman–Crippen LogP) is 4.06. The number of halogens is 2. The van der Waals surface area contributed by atoms with Crippen molar-refractivity contribution >= 4 is 11.0 Å². The number of nitrogens with one attached hydrogen (secondary N) is 1. The standard InChI is InChI=1S/C16H21F2NO2/c1-3-19-13(6-7-20-10-16(17)18)15-9-12-8-11(2)4-5-14(12)21-15/h4-5,8-9,13,16,19H,3,6-7,10H2,1-2H3. The van der Waals surface area contributed by atoms with E-state index in [4.69, 9.17) is 9.15 Å². The minimum atomic E-state index is -2.42. The zero-order valence-electron chi connectivity index (χ0n) is 12.4. The zero-order chi connectivity index (χ0) is 15.2. The van der Waals surface area contributed by atoms with Crippen molar-refractivity contribution in [3.05, 3.63) is 35.6 Å². The Morgan fingerprint density at radius 1 is 1.29 bits per heavy atom. The summed E-state index contributed by atoms with van der Waals surface area (Å²) in [5.41, 5.74) is 2.02. The van der Waals surface area contributed by atoms with Gasteiger partial charge < -0.3 is 14.5 Å². The quantitative estimate of drug-likeness (QED) is 0.746. The van der Waals surface area contributed by atoms with Crippen LogP contribution in [-0.4, -0.2) is 26.2 Å². The molecule has 0 fully saturated rings. The average molecular weight is 297 g/mol. The van der Waals surface area contributed by atoms with Crippen LogP contribution in [0.25, 0.3) is 11.0 Å². The first-order valence-corrected chi connectivity index (χ1v) is 7.19. The van der Waals surface area contributed by atoms with Crippen LogP contribution >= 0.6 is 0 Å². The molecule has 1 aromatic carbocycles. The summed E-state index contributed by atoms with van der Waals surface area (Å²) in [5, 5.41) is 4.36. The molecule has 1 unspecified atom stereocenters. The number of rotatable bonds is 8. The molecule has 1 aromatic heterocycles. The number of hydrogen-bond acceptors (Lipinski definition) is 3. The van der Waals surface area contributed by atoms with Crippen LogP contribution in [0.1, 0.15) is 30.7 Å². The van der Waals surface area contributed by atoms with Crippen LogP contribution in [0.2, 0.25) is 0 Å². The second-order valence-corrected chi connectivity index (χ2v) is 5.05. The molecular formula is C16H21F2NO2. The molecule has 1 atom stereocenters. The second kappa shape index (κ2) is 7.52. The first kappa shape index (κ1) is 15.9. The number of fused-ring (bicyclic) bond motifs is 1. The Kier molecular flexibility index (Phi) is 5.70. The Balaban J connectivity index is 2.04. The third kappa shape index (κ3) is 4.51. The second-order valence-electron chi connectivity index (χ2n) is 5.05. The summed E-state index contributed by atoms with van der Waals surface area (Å²) < 4.78 is 34.9. The monoisotopic (exact) mass is 297 g/mol. The molecule has 0 aliphatic carbocycles. The summed E-state index contributed by atoms with van der Waals surface area (Å²) in [5.74, 6) is 0.818. The molecule has 0 radical (unpaired) electrons. The molecule has 0 saturated carbocycles. The highest BCUT2D eigenvalue weighted by Crippen LogP contribution is 2.26. The summed E-state index contributed by atoms with van der Waals surface area (Å²) in [6.07, 6.45) is -1.82. The summed E-state index contributed by atoms with van der Waals surface area (Å²) in [4.78, 5) is 0. The van der Waals surface area contributed by atoms with Crippen LogP contribution in [0.5, 0.6) is 0 Å². The van der Waals surface area contributed by atoms with Crippen molar-refractivity contribution in [1.29, 1.82) is 0 Å². The number of aryl methyl sites for hydroxylation is 1. The normalized spacial score (nSPS) is 13.2. The van der Waals surface area contributed by atoms with E-state index < -0.39 is 13.0 Å². The van der Waals surface area contributed by atoms with E-state index in [0.29, 0.717) is 6.42 Å². The molecule has 1 N–H and O–H groups in total. The van der Waals surface area contributed by atoms with Crippen LogP contribution in [0, 0.1) is 6.92 Å². The molecule has 0 aliphatic rings. The first-order chi connectivity index (χ1) is 10.1. The Hall–Kier alpha value is -1.46. The van der Waals surface area contributed by atoms with Gasteiger partial charge in [-0.15, -0.1) is 0 Å². The van der Waals surface area contributed by atoms with Gasteiger partial charge >= 0.3 is 0 Å². The molecule has 3 nitrogen and oxygen atoms in total. The summed E-state index contributed by atoms with van der Waals surface area (Å²) in [6, 6.07) is 8.00. The number of benzene rings is 1. The lowest BCUT2D eigenvalue weighted by Crippen LogP contribution is -2.22. The number of furan rings is 1. The molecule has 116 valence electrons. The van der Waals surface area contributed by atoms with Crippen molar-refractivity contribution in [2.45, 2.75) is 32.7 Å².